The minimum atomic E-state index is -3.42. The molecule has 0 aliphatic rings. The van der Waals surface area contributed by atoms with Crippen LogP contribution in [0.15, 0.2) is 23.1 Å². The van der Waals surface area contributed by atoms with E-state index in [1.165, 1.54) is 0 Å². The van der Waals surface area contributed by atoms with Gasteiger partial charge in [0.25, 0.3) is 0 Å². The molecule has 0 heterocycles. The first-order chi connectivity index (χ1) is 8.18. The van der Waals surface area contributed by atoms with Crippen molar-refractivity contribution < 1.29 is 8.42 Å². The number of hydrogen-bond acceptors (Lipinski definition) is 2. The van der Waals surface area contributed by atoms with Crippen LogP contribution in [0.4, 0.5) is 0 Å². The second-order valence-electron chi connectivity index (χ2n) is 5.39. The number of benzene rings is 1. The molecule has 102 valence electrons. The molecule has 0 aliphatic heterocycles. The van der Waals surface area contributed by atoms with Gasteiger partial charge in [-0.15, -0.1) is 0 Å². The number of halogens is 1. The van der Waals surface area contributed by atoms with Crippen LogP contribution >= 0.6 is 15.9 Å². The fourth-order valence-corrected chi connectivity index (χ4v) is 3.18. The maximum Gasteiger partial charge on any atom is 0.240 e. The zero-order chi connectivity index (χ0) is 14.0. The molecule has 0 atom stereocenters. The number of sulfonamides is 1. The van der Waals surface area contributed by atoms with Crippen LogP contribution in [0, 0.1) is 19.3 Å². The van der Waals surface area contributed by atoms with Crippen LogP contribution in [0.5, 0.6) is 0 Å². The second kappa shape index (κ2) is 5.72. The highest BCUT2D eigenvalue weighted by Gasteiger charge is 2.22. The first-order valence-electron chi connectivity index (χ1n) is 5.81. The summed E-state index contributed by atoms with van der Waals surface area (Å²) in [5.74, 6) is 0. The van der Waals surface area contributed by atoms with Gasteiger partial charge < -0.3 is 0 Å². The molecule has 0 unspecified atom stereocenters. The lowest BCUT2D eigenvalue weighted by atomic mass is 9.98. The molecular weight excluding hydrogens is 314 g/mol. The lowest BCUT2D eigenvalue weighted by Crippen LogP contribution is -2.35. The summed E-state index contributed by atoms with van der Waals surface area (Å²) in [5, 5.41) is 0.745. The predicted molar refractivity (Wildman–Crippen MR) is 78.7 cm³/mol. The van der Waals surface area contributed by atoms with E-state index in [9.17, 15) is 8.42 Å². The van der Waals surface area contributed by atoms with Crippen LogP contribution < -0.4 is 4.72 Å². The summed E-state index contributed by atoms with van der Waals surface area (Å²) < 4.78 is 27.1. The second-order valence-corrected chi connectivity index (χ2v) is 7.69. The Labute approximate surface area is 118 Å². The van der Waals surface area contributed by atoms with E-state index in [0.29, 0.717) is 11.4 Å². The molecule has 0 spiro atoms. The molecule has 0 amide bonds. The van der Waals surface area contributed by atoms with Gasteiger partial charge >= 0.3 is 0 Å². The largest absolute Gasteiger partial charge is 0.240 e. The molecule has 3 nitrogen and oxygen atoms in total. The Balaban J connectivity index is 2.94. The first-order valence-corrected chi connectivity index (χ1v) is 8.41. The van der Waals surface area contributed by atoms with Gasteiger partial charge in [0.1, 0.15) is 0 Å². The van der Waals surface area contributed by atoms with Crippen molar-refractivity contribution in [1.82, 2.24) is 4.72 Å². The summed E-state index contributed by atoms with van der Waals surface area (Å²) in [6, 6.07) is 5.36. The van der Waals surface area contributed by atoms with Crippen molar-refractivity contribution in [3.05, 3.63) is 29.3 Å². The van der Waals surface area contributed by atoms with E-state index in [0.717, 1.165) is 16.5 Å². The van der Waals surface area contributed by atoms with Crippen molar-refractivity contribution >= 4 is 26.0 Å². The molecule has 5 heteroatoms. The normalized spacial score (nSPS) is 12.7. The minimum absolute atomic E-state index is 0.105. The van der Waals surface area contributed by atoms with E-state index >= 15 is 0 Å². The highest BCUT2D eigenvalue weighted by Crippen LogP contribution is 2.20. The van der Waals surface area contributed by atoms with E-state index in [1.54, 1.807) is 6.07 Å². The van der Waals surface area contributed by atoms with Crippen LogP contribution in [0.1, 0.15) is 25.0 Å². The average Bonchev–Trinajstić information content (AvgIpc) is 2.26. The van der Waals surface area contributed by atoms with Gasteiger partial charge in [-0.25, -0.2) is 13.1 Å². The van der Waals surface area contributed by atoms with Gasteiger partial charge in [-0.05, 0) is 30.9 Å². The molecule has 0 bridgehead atoms. The van der Waals surface area contributed by atoms with Crippen LogP contribution in [0.2, 0.25) is 0 Å². The lowest BCUT2D eigenvalue weighted by Gasteiger charge is -2.22. The highest BCUT2D eigenvalue weighted by atomic mass is 79.9. The number of alkyl halides is 1. The standard InChI is InChI=1S/C13H20BrNO2S/c1-10-5-6-12(11(2)7-10)18(16,17)15-9-13(3,4)8-14/h5-7,15H,8-9H2,1-4H3. The molecule has 1 aromatic carbocycles. The summed E-state index contributed by atoms with van der Waals surface area (Å²) in [4.78, 5) is 0.360. The van der Waals surface area contributed by atoms with Gasteiger partial charge in [-0.2, -0.15) is 0 Å². The van der Waals surface area contributed by atoms with E-state index in [2.05, 4.69) is 20.7 Å². The lowest BCUT2D eigenvalue weighted by molar-refractivity contribution is 0.420. The van der Waals surface area contributed by atoms with Crippen LogP contribution in [0.3, 0.4) is 0 Å². The molecule has 1 rings (SSSR count). The third-order valence-corrected chi connectivity index (χ3v) is 5.80. The van der Waals surface area contributed by atoms with E-state index in [4.69, 9.17) is 0 Å². The molecule has 1 aromatic rings. The monoisotopic (exact) mass is 333 g/mol. The molecule has 0 aromatic heterocycles. The van der Waals surface area contributed by atoms with Crippen LogP contribution in [0.25, 0.3) is 0 Å². The number of aryl methyl sites for hydroxylation is 2. The zero-order valence-electron chi connectivity index (χ0n) is 11.2. The third kappa shape index (κ3) is 4.07. The average molecular weight is 334 g/mol. The maximum atomic E-state index is 12.2. The quantitative estimate of drug-likeness (QED) is 0.842. The number of nitrogens with one attached hydrogen (secondary N) is 1. The SMILES string of the molecule is Cc1ccc(S(=O)(=O)NCC(C)(C)CBr)c(C)c1. The molecule has 1 N–H and O–H groups in total. The smallest absolute Gasteiger partial charge is 0.211 e. The van der Waals surface area contributed by atoms with Crippen molar-refractivity contribution in [3.63, 3.8) is 0 Å². The Kier molecular flexibility index (Phi) is 4.98. The van der Waals surface area contributed by atoms with Crippen molar-refractivity contribution in [2.75, 3.05) is 11.9 Å². The summed E-state index contributed by atoms with van der Waals surface area (Å²) in [6.45, 7) is 8.19. The minimum Gasteiger partial charge on any atom is -0.211 e. The molecule has 0 aliphatic carbocycles. The van der Waals surface area contributed by atoms with Gasteiger partial charge in [0.2, 0.25) is 10.0 Å². The molecule has 0 radical (unpaired) electrons. The Bertz CT molecular complexity index is 524. The van der Waals surface area contributed by atoms with E-state index in [1.807, 2.05) is 39.8 Å². The van der Waals surface area contributed by atoms with Gasteiger partial charge in [-0.3, -0.25) is 0 Å². The van der Waals surface area contributed by atoms with Gasteiger partial charge in [0.15, 0.2) is 0 Å². The molecule has 18 heavy (non-hydrogen) atoms. The van der Waals surface area contributed by atoms with Crippen molar-refractivity contribution in [3.8, 4) is 0 Å². The van der Waals surface area contributed by atoms with Crippen molar-refractivity contribution in [1.29, 1.82) is 0 Å². The Morgan fingerprint density at radius 3 is 2.39 bits per heavy atom. The summed E-state index contributed by atoms with van der Waals surface area (Å²) in [5.41, 5.74) is 1.73. The maximum absolute atomic E-state index is 12.2. The Morgan fingerprint density at radius 2 is 1.89 bits per heavy atom. The van der Waals surface area contributed by atoms with Gasteiger partial charge in [-0.1, -0.05) is 47.5 Å². The fourth-order valence-electron chi connectivity index (χ4n) is 1.52. The molecule has 0 fully saturated rings. The summed E-state index contributed by atoms with van der Waals surface area (Å²) >= 11 is 3.38. The number of rotatable bonds is 5. The molecular formula is C13H20BrNO2S. The third-order valence-electron chi connectivity index (χ3n) is 2.72. The zero-order valence-corrected chi connectivity index (χ0v) is 13.7. The molecule has 0 saturated heterocycles. The van der Waals surface area contributed by atoms with Crippen LogP contribution in [-0.2, 0) is 10.0 Å². The van der Waals surface area contributed by atoms with Crippen molar-refractivity contribution in [2.45, 2.75) is 32.6 Å². The predicted octanol–water partition coefficient (Wildman–Crippen LogP) is 3.00. The first kappa shape index (κ1) is 15.7. The topological polar surface area (TPSA) is 46.2 Å². The Morgan fingerprint density at radius 1 is 1.28 bits per heavy atom. The Hall–Kier alpha value is -0.390. The number of hydrogen-bond donors (Lipinski definition) is 1. The highest BCUT2D eigenvalue weighted by molar-refractivity contribution is 9.09. The fraction of sp³-hybridized carbons (Fsp3) is 0.538. The van der Waals surface area contributed by atoms with Gasteiger partial charge in [0, 0.05) is 11.9 Å². The van der Waals surface area contributed by atoms with Crippen LogP contribution in [-0.4, -0.2) is 20.3 Å². The van der Waals surface area contributed by atoms with E-state index < -0.39 is 10.0 Å². The summed E-state index contributed by atoms with van der Waals surface area (Å²) in [6.07, 6.45) is 0. The van der Waals surface area contributed by atoms with Gasteiger partial charge in [0.05, 0.1) is 4.90 Å². The van der Waals surface area contributed by atoms with E-state index in [-0.39, 0.29) is 5.41 Å². The van der Waals surface area contributed by atoms with Crippen molar-refractivity contribution in [2.24, 2.45) is 5.41 Å². The summed E-state index contributed by atoms with van der Waals surface area (Å²) in [7, 11) is -3.42. The molecule has 0 saturated carbocycles.